The van der Waals surface area contributed by atoms with E-state index in [0.29, 0.717) is 19.5 Å². The van der Waals surface area contributed by atoms with Crippen LogP contribution in [0.4, 0.5) is 5.69 Å². The van der Waals surface area contributed by atoms with Crippen LogP contribution in [0, 0.1) is 0 Å². The minimum atomic E-state index is -0.412. The van der Waals surface area contributed by atoms with Crippen molar-refractivity contribution in [2.24, 2.45) is 0 Å². The first-order valence-electron chi connectivity index (χ1n) is 6.11. The maximum Gasteiger partial charge on any atom is 0.226 e. The minimum Gasteiger partial charge on any atom is -0.399 e. The van der Waals surface area contributed by atoms with Gasteiger partial charge in [-0.05, 0) is 37.1 Å². The quantitative estimate of drug-likeness (QED) is 0.831. The van der Waals surface area contributed by atoms with Crippen LogP contribution < -0.4 is 5.73 Å². The smallest absolute Gasteiger partial charge is 0.226 e. The summed E-state index contributed by atoms with van der Waals surface area (Å²) < 4.78 is 5.30. The highest BCUT2D eigenvalue weighted by Crippen LogP contribution is 2.26. The number of benzene rings is 1. The third-order valence-electron chi connectivity index (χ3n) is 3.43. The van der Waals surface area contributed by atoms with Gasteiger partial charge in [-0.1, -0.05) is 6.07 Å². The first-order valence-corrected chi connectivity index (χ1v) is 6.11. The van der Waals surface area contributed by atoms with E-state index in [2.05, 4.69) is 0 Å². The molecule has 0 aromatic heterocycles. The van der Waals surface area contributed by atoms with E-state index in [4.69, 9.17) is 10.5 Å². The number of nitrogens with two attached hydrogens (primary N) is 1. The first kappa shape index (κ1) is 12.9. The molecule has 1 aliphatic rings. The van der Waals surface area contributed by atoms with E-state index in [1.54, 1.807) is 7.11 Å². The normalized spacial score (nSPS) is 14.7. The van der Waals surface area contributed by atoms with Crippen molar-refractivity contribution in [2.45, 2.75) is 39.0 Å². The molecule has 2 N–H and O–H groups in total. The van der Waals surface area contributed by atoms with Crippen molar-refractivity contribution in [1.29, 1.82) is 0 Å². The number of methoxy groups -OCH3 is 1. The Hall–Kier alpha value is -1.55. The lowest BCUT2D eigenvalue weighted by atomic mass is 10.0. The van der Waals surface area contributed by atoms with Gasteiger partial charge < -0.3 is 15.4 Å². The average molecular weight is 248 g/mol. The van der Waals surface area contributed by atoms with Crippen molar-refractivity contribution in [1.82, 2.24) is 4.90 Å². The molecule has 0 saturated heterocycles. The Morgan fingerprint density at radius 1 is 1.39 bits per heavy atom. The van der Waals surface area contributed by atoms with Crippen LogP contribution in [0.3, 0.4) is 0 Å². The van der Waals surface area contributed by atoms with Gasteiger partial charge in [-0.15, -0.1) is 0 Å². The number of hydrogen-bond acceptors (Lipinski definition) is 3. The van der Waals surface area contributed by atoms with E-state index >= 15 is 0 Å². The maximum atomic E-state index is 12.2. The highest BCUT2D eigenvalue weighted by Gasteiger charge is 2.28. The second kappa shape index (κ2) is 4.61. The fraction of sp³-hybridized carbons (Fsp3) is 0.500. The molecule has 1 heterocycles. The molecule has 0 radical (unpaired) electrons. The summed E-state index contributed by atoms with van der Waals surface area (Å²) in [6, 6.07) is 5.83. The molecule has 1 aromatic rings. The summed E-state index contributed by atoms with van der Waals surface area (Å²) >= 11 is 0. The van der Waals surface area contributed by atoms with Crippen LogP contribution in [0.15, 0.2) is 18.2 Å². The number of carbonyl (C=O) groups excluding carboxylic acids is 1. The third-order valence-corrected chi connectivity index (χ3v) is 3.43. The molecule has 98 valence electrons. The van der Waals surface area contributed by atoms with Crippen LogP contribution in [0.25, 0.3) is 0 Å². The van der Waals surface area contributed by atoms with Gasteiger partial charge in [-0.3, -0.25) is 4.79 Å². The Kier molecular flexibility index (Phi) is 3.30. The Labute approximate surface area is 108 Å². The van der Waals surface area contributed by atoms with Gasteiger partial charge >= 0.3 is 0 Å². The van der Waals surface area contributed by atoms with Crippen LogP contribution >= 0.6 is 0 Å². The maximum absolute atomic E-state index is 12.2. The Bertz CT molecular complexity index is 469. The fourth-order valence-corrected chi connectivity index (χ4v) is 2.14. The molecule has 0 fully saturated rings. The zero-order valence-corrected chi connectivity index (χ0v) is 11.2. The molecule has 1 aliphatic heterocycles. The van der Waals surface area contributed by atoms with Crippen molar-refractivity contribution in [3.05, 3.63) is 29.3 Å². The number of anilines is 1. The van der Waals surface area contributed by atoms with Gasteiger partial charge in [0.25, 0.3) is 0 Å². The number of nitrogens with zero attached hydrogens (tertiary/aromatic N) is 1. The Balaban J connectivity index is 2.05. The molecular weight excluding hydrogens is 228 g/mol. The second-order valence-corrected chi connectivity index (χ2v) is 5.42. The van der Waals surface area contributed by atoms with E-state index in [0.717, 1.165) is 11.3 Å². The Morgan fingerprint density at radius 2 is 2.06 bits per heavy atom. The molecule has 0 unspecified atom stereocenters. The van der Waals surface area contributed by atoms with Gasteiger partial charge in [0.1, 0.15) is 0 Å². The summed E-state index contributed by atoms with van der Waals surface area (Å²) in [5.74, 6) is 0.122. The van der Waals surface area contributed by atoms with Gasteiger partial charge in [0.15, 0.2) is 0 Å². The van der Waals surface area contributed by atoms with Gasteiger partial charge in [-0.25, -0.2) is 0 Å². The number of ether oxygens (including phenoxy) is 1. The predicted octanol–water partition coefficient (Wildman–Crippen LogP) is 1.93. The summed E-state index contributed by atoms with van der Waals surface area (Å²) in [6.07, 6.45) is 0.396. The molecule has 0 spiro atoms. The average Bonchev–Trinajstić information content (AvgIpc) is 2.71. The molecule has 0 aliphatic carbocycles. The predicted molar refractivity (Wildman–Crippen MR) is 70.8 cm³/mol. The van der Waals surface area contributed by atoms with E-state index in [1.165, 1.54) is 5.56 Å². The van der Waals surface area contributed by atoms with Gasteiger partial charge in [0.05, 0.1) is 12.0 Å². The summed E-state index contributed by atoms with van der Waals surface area (Å²) in [7, 11) is 1.63. The molecule has 4 nitrogen and oxygen atoms in total. The number of amides is 1. The SMILES string of the molecule is COC(C)(C)CC(=O)N1Cc2ccc(N)cc2C1. The third kappa shape index (κ3) is 2.64. The molecular formula is C14H20N2O2. The number of carbonyl (C=O) groups is 1. The zero-order chi connectivity index (χ0) is 13.3. The second-order valence-electron chi connectivity index (χ2n) is 5.42. The Morgan fingerprint density at radius 3 is 2.72 bits per heavy atom. The standard InChI is InChI=1S/C14H20N2O2/c1-14(2,18-3)7-13(17)16-8-10-4-5-12(15)6-11(10)9-16/h4-6H,7-9,15H2,1-3H3. The van der Waals surface area contributed by atoms with Gasteiger partial charge in [-0.2, -0.15) is 0 Å². The summed E-state index contributed by atoms with van der Waals surface area (Å²) in [4.78, 5) is 14.0. The number of hydrogen-bond donors (Lipinski definition) is 1. The van der Waals surface area contributed by atoms with E-state index in [-0.39, 0.29) is 5.91 Å². The van der Waals surface area contributed by atoms with Crippen LogP contribution in [-0.2, 0) is 22.6 Å². The number of nitrogen functional groups attached to an aromatic ring is 1. The summed E-state index contributed by atoms with van der Waals surface area (Å²) in [5.41, 5.74) is 8.43. The molecule has 1 amide bonds. The molecule has 18 heavy (non-hydrogen) atoms. The van der Waals surface area contributed by atoms with Crippen molar-refractivity contribution >= 4 is 11.6 Å². The van der Waals surface area contributed by atoms with Crippen molar-refractivity contribution in [2.75, 3.05) is 12.8 Å². The fourth-order valence-electron chi connectivity index (χ4n) is 2.14. The first-order chi connectivity index (χ1) is 8.41. The van der Waals surface area contributed by atoms with Crippen molar-refractivity contribution in [3.8, 4) is 0 Å². The zero-order valence-electron chi connectivity index (χ0n) is 11.2. The van der Waals surface area contributed by atoms with Gasteiger partial charge in [0, 0.05) is 25.9 Å². The molecule has 4 heteroatoms. The van der Waals surface area contributed by atoms with Crippen molar-refractivity contribution < 1.29 is 9.53 Å². The highest BCUT2D eigenvalue weighted by molar-refractivity contribution is 5.78. The number of rotatable bonds is 3. The van der Waals surface area contributed by atoms with Crippen LogP contribution in [-0.4, -0.2) is 23.5 Å². The lowest BCUT2D eigenvalue weighted by Gasteiger charge is -2.25. The largest absolute Gasteiger partial charge is 0.399 e. The molecule has 2 rings (SSSR count). The summed E-state index contributed by atoms with van der Waals surface area (Å²) in [6.45, 7) is 5.17. The minimum absolute atomic E-state index is 0.122. The monoisotopic (exact) mass is 248 g/mol. The van der Waals surface area contributed by atoms with Crippen LogP contribution in [0.5, 0.6) is 0 Å². The lowest BCUT2D eigenvalue weighted by molar-refractivity contribution is -0.137. The van der Waals surface area contributed by atoms with E-state index < -0.39 is 5.60 Å². The highest BCUT2D eigenvalue weighted by atomic mass is 16.5. The van der Waals surface area contributed by atoms with E-state index in [1.807, 2.05) is 36.9 Å². The topological polar surface area (TPSA) is 55.6 Å². The molecule has 0 bridgehead atoms. The van der Waals surface area contributed by atoms with Crippen LogP contribution in [0.1, 0.15) is 31.4 Å². The van der Waals surface area contributed by atoms with Gasteiger partial charge in [0.2, 0.25) is 5.91 Å². The summed E-state index contributed by atoms with van der Waals surface area (Å²) in [5, 5.41) is 0. The molecule has 0 atom stereocenters. The van der Waals surface area contributed by atoms with Crippen molar-refractivity contribution in [3.63, 3.8) is 0 Å². The lowest BCUT2D eigenvalue weighted by Crippen LogP contribution is -2.34. The number of fused-ring (bicyclic) bond motifs is 1. The molecule has 1 aromatic carbocycles. The molecule has 0 saturated carbocycles. The van der Waals surface area contributed by atoms with Crippen LogP contribution in [0.2, 0.25) is 0 Å². The van der Waals surface area contributed by atoms with E-state index in [9.17, 15) is 4.79 Å².